The molecule has 128 valence electrons. The number of para-hydroxylation sites is 2. The van der Waals surface area contributed by atoms with Gasteiger partial charge in [0.25, 0.3) is 5.91 Å². The third-order valence-corrected chi connectivity index (χ3v) is 3.57. The number of nitrogens with zero attached hydrogens (tertiary/aromatic N) is 2. The normalized spacial score (nSPS) is 10.4. The van der Waals surface area contributed by atoms with Gasteiger partial charge in [0.15, 0.2) is 11.6 Å². The number of carbonyl (C=O) groups is 1. The second-order valence-corrected chi connectivity index (χ2v) is 5.40. The number of amides is 1. The Kier molecular flexibility index (Phi) is 5.41. The summed E-state index contributed by atoms with van der Waals surface area (Å²) >= 11 is 0. The number of hydrogen-bond donors (Lipinski definition) is 1. The van der Waals surface area contributed by atoms with E-state index in [2.05, 4.69) is 10.4 Å². The number of hydrogen-bond acceptors (Lipinski definition) is 3. The molecule has 3 aromatic rings. The molecule has 0 saturated carbocycles. The molecule has 0 aliphatic rings. The molecule has 0 spiro atoms. The van der Waals surface area contributed by atoms with E-state index in [1.807, 2.05) is 30.3 Å². The Hall–Kier alpha value is -3.15. The molecule has 25 heavy (non-hydrogen) atoms. The molecule has 0 aliphatic carbocycles. The number of rotatable bonds is 7. The Morgan fingerprint density at radius 2 is 1.88 bits per heavy atom. The van der Waals surface area contributed by atoms with Crippen molar-refractivity contribution in [3.63, 3.8) is 0 Å². The second kappa shape index (κ2) is 8.10. The Bertz CT molecular complexity index is 833. The predicted octanol–water partition coefficient (Wildman–Crippen LogP) is 3.21. The molecule has 0 fully saturated rings. The van der Waals surface area contributed by atoms with Crippen LogP contribution in [0.15, 0.2) is 67.0 Å². The monoisotopic (exact) mass is 339 g/mol. The number of halogens is 1. The smallest absolute Gasteiger partial charge is 0.254 e. The van der Waals surface area contributed by atoms with Gasteiger partial charge in [0.1, 0.15) is 0 Å². The molecule has 0 radical (unpaired) electrons. The first-order chi connectivity index (χ1) is 12.2. The van der Waals surface area contributed by atoms with Crippen LogP contribution >= 0.6 is 0 Å². The quantitative estimate of drug-likeness (QED) is 0.673. The van der Waals surface area contributed by atoms with E-state index >= 15 is 0 Å². The largest absolute Gasteiger partial charge is 0.490 e. The third kappa shape index (κ3) is 4.44. The zero-order valence-corrected chi connectivity index (χ0v) is 13.6. The van der Waals surface area contributed by atoms with Crippen molar-refractivity contribution < 1.29 is 13.9 Å². The van der Waals surface area contributed by atoms with Crippen LogP contribution in [0.5, 0.6) is 5.75 Å². The van der Waals surface area contributed by atoms with Gasteiger partial charge < -0.3 is 10.1 Å². The molecule has 1 amide bonds. The van der Waals surface area contributed by atoms with E-state index in [0.717, 1.165) is 5.69 Å². The third-order valence-electron chi connectivity index (χ3n) is 3.57. The van der Waals surface area contributed by atoms with Crippen molar-refractivity contribution in [3.8, 4) is 11.4 Å². The number of benzene rings is 2. The summed E-state index contributed by atoms with van der Waals surface area (Å²) in [5, 5.41) is 6.99. The lowest BCUT2D eigenvalue weighted by Gasteiger charge is -2.07. The van der Waals surface area contributed by atoms with Crippen LogP contribution in [0.25, 0.3) is 5.69 Å². The van der Waals surface area contributed by atoms with Crippen LogP contribution in [0.2, 0.25) is 0 Å². The van der Waals surface area contributed by atoms with Gasteiger partial charge in [0, 0.05) is 12.7 Å². The summed E-state index contributed by atoms with van der Waals surface area (Å²) < 4.78 is 20.4. The van der Waals surface area contributed by atoms with Crippen LogP contribution in [0.1, 0.15) is 16.8 Å². The minimum atomic E-state index is -0.389. The van der Waals surface area contributed by atoms with Crippen LogP contribution < -0.4 is 10.1 Å². The maximum atomic E-state index is 13.4. The van der Waals surface area contributed by atoms with Gasteiger partial charge in [-0.15, -0.1) is 0 Å². The van der Waals surface area contributed by atoms with Crippen LogP contribution in [-0.2, 0) is 0 Å². The molecule has 0 atom stereocenters. The summed E-state index contributed by atoms with van der Waals surface area (Å²) in [5.74, 6) is -0.370. The lowest BCUT2D eigenvalue weighted by Crippen LogP contribution is -2.25. The van der Waals surface area contributed by atoms with Crippen LogP contribution in [0, 0.1) is 5.82 Å². The van der Waals surface area contributed by atoms with Crippen LogP contribution in [-0.4, -0.2) is 28.8 Å². The molecular weight excluding hydrogens is 321 g/mol. The Morgan fingerprint density at radius 1 is 1.12 bits per heavy atom. The van der Waals surface area contributed by atoms with Crippen molar-refractivity contribution in [1.29, 1.82) is 0 Å². The minimum Gasteiger partial charge on any atom is -0.490 e. The zero-order chi connectivity index (χ0) is 17.5. The molecule has 2 aromatic carbocycles. The minimum absolute atomic E-state index is 0.201. The summed E-state index contributed by atoms with van der Waals surface area (Å²) in [4.78, 5) is 12.1. The summed E-state index contributed by atoms with van der Waals surface area (Å²) in [7, 11) is 0. The number of aromatic nitrogens is 2. The fourth-order valence-corrected chi connectivity index (χ4v) is 2.28. The molecule has 6 heteroatoms. The molecule has 0 saturated heterocycles. The van der Waals surface area contributed by atoms with Gasteiger partial charge in [0.05, 0.1) is 24.1 Å². The van der Waals surface area contributed by atoms with Crippen molar-refractivity contribution in [1.82, 2.24) is 15.1 Å². The number of carbonyl (C=O) groups excluding carboxylic acids is 1. The highest BCUT2D eigenvalue weighted by Crippen LogP contribution is 2.15. The molecule has 3 rings (SSSR count). The van der Waals surface area contributed by atoms with Crippen LogP contribution in [0.3, 0.4) is 0 Å². The van der Waals surface area contributed by atoms with E-state index in [-0.39, 0.29) is 17.5 Å². The topological polar surface area (TPSA) is 56.1 Å². The van der Waals surface area contributed by atoms with Crippen molar-refractivity contribution in [2.75, 3.05) is 13.2 Å². The van der Waals surface area contributed by atoms with E-state index in [9.17, 15) is 9.18 Å². The number of nitrogens with one attached hydrogen (secondary N) is 1. The first-order valence-electron chi connectivity index (χ1n) is 7.99. The van der Waals surface area contributed by atoms with Gasteiger partial charge in [-0.3, -0.25) is 4.79 Å². The average molecular weight is 339 g/mol. The van der Waals surface area contributed by atoms with E-state index < -0.39 is 0 Å². The standard InChI is InChI=1S/C19H18FN3O2/c20-17-9-4-5-10-18(17)25-12-6-11-21-19(24)15-13-22-23(14-15)16-7-2-1-3-8-16/h1-5,7-10,13-14H,6,11-12H2,(H,21,24). The van der Waals surface area contributed by atoms with Gasteiger partial charge >= 0.3 is 0 Å². The molecular formula is C19H18FN3O2. The van der Waals surface area contributed by atoms with Crippen molar-refractivity contribution in [2.24, 2.45) is 0 Å². The lowest BCUT2D eigenvalue weighted by atomic mass is 10.3. The highest BCUT2D eigenvalue weighted by atomic mass is 19.1. The van der Waals surface area contributed by atoms with E-state index in [0.29, 0.717) is 25.1 Å². The highest BCUT2D eigenvalue weighted by molar-refractivity contribution is 5.93. The highest BCUT2D eigenvalue weighted by Gasteiger charge is 2.09. The first-order valence-corrected chi connectivity index (χ1v) is 7.99. The van der Waals surface area contributed by atoms with E-state index in [1.54, 1.807) is 29.1 Å². The van der Waals surface area contributed by atoms with E-state index in [1.165, 1.54) is 12.3 Å². The second-order valence-electron chi connectivity index (χ2n) is 5.40. The Morgan fingerprint density at radius 3 is 2.68 bits per heavy atom. The maximum Gasteiger partial charge on any atom is 0.254 e. The van der Waals surface area contributed by atoms with Crippen molar-refractivity contribution >= 4 is 5.91 Å². The molecule has 5 nitrogen and oxygen atoms in total. The van der Waals surface area contributed by atoms with Gasteiger partial charge in [-0.25, -0.2) is 9.07 Å². The number of ether oxygens (including phenoxy) is 1. The SMILES string of the molecule is O=C(NCCCOc1ccccc1F)c1cnn(-c2ccccc2)c1. The fourth-order valence-electron chi connectivity index (χ4n) is 2.28. The maximum absolute atomic E-state index is 13.4. The van der Waals surface area contributed by atoms with Crippen molar-refractivity contribution in [2.45, 2.75) is 6.42 Å². The van der Waals surface area contributed by atoms with Gasteiger partial charge in [-0.05, 0) is 30.7 Å². The average Bonchev–Trinajstić information content (AvgIpc) is 3.14. The zero-order valence-electron chi connectivity index (χ0n) is 13.6. The first kappa shape index (κ1) is 16.7. The Balaban J connectivity index is 1.44. The Labute approximate surface area is 145 Å². The molecule has 0 aliphatic heterocycles. The summed E-state index contributed by atoms with van der Waals surface area (Å²) in [5.41, 5.74) is 1.37. The summed E-state index contributed by atoms with van der Waals surface area (Å²) in [6.45, 7) is 0.758. The molecule has 1 heterocycles. The van der Waals surface area contributed by atoms with Gasteiger partial charge in [-0.1, -0.05) is 30.3 Å². The fraction of sp³-hybridized carbons (Fsp3) is 0.158. The van der Waals surface area contributed by atoms with Crippen LogP contribution in [0.4, 0.5) is 4.39 Å². The molecule has 1 N–H and O–H groups in total. The van der Waals surface area contributed by atoms with E-state index in [4.69, 9.17) is 4.74 Å². The van der Waals surface area contributed by atoms with Crippen molar-refractivity contribution in [3.05, 3.63) is 78.4 Å². The van der Waals surface area contributed by atoms with Gasteiger partial charge in [0.2, 0.25) is 0 Å². The predicted molar refractivity (Wildman–Crippen MR) is 92.4 cm³/mol. The van der Waals surface area contributed by atoms with Gasteiger partial charge in [-0.2, -0.15) is 5.10 Å². The molecule has 0 unspecified atom stereocenters. The molecule has 0 bridgehead atoms. The summed E-state index contributed by atoms with van der Waals surface area (Å²) in [6.07, 6.45) is 3.78. The molecule has 1 aromatic heterocycles. The lowest BCUT2D eigenvalue weighted by molar-refractivity contribution is 0.0951. The summed E-state index contributed by atoms with van der Waals surface area (Å²) in [6, 6.07) is 15.8.